The normalized spacial score (nSPS) is 25.0. The number of rotatable bonds is 6. The Morgan fingerprint density at radius 3 is 2.60 bits per heavy atom. The number of nitrogens with zero attached hydrogens (tertiary/aromatic N) is 2. The van der Waals surface area contributed by atoms with E-state index in [2.05, 4.69) is 0 Å². The van der Waals surface area contributed by atoms with Crippen LogP contribution in [0.5, 0.6) is 5.75 Å². The Morgan fingerprint density at radius 2 is 1.97 bits per heavy atom. The van der Waals surface area contributed by atoms with E-state index >= 15 is 0 Å². The molecule has 0 radical (unpaired) electrons. The molecule has 188 valence electrons. The number of aliphatic hydroxyl groups excluding tert-OH is 1. The molecule has 11 nitrogen and oxygen atoms in total. The number of halogens is 1. The zero-order valence-electron chi connectivity index (χ0n) is 19.5. The summed E-state index contributed by atoms with van der Waals surface area (Å²) in [5, 5.41) is 23.8. The number of nitro benzene ring substituents is 1. The maximum absolute atomic E-state index is 12.1. The highest BCUT2D eigenvalue weighted by molar-refractivity contribution is 6.30. The number of non-ortho nitro benzene ring substituents is 1. The van der Waals surface area contributed by atoms with Crippen molar-refractivity contribution >= 4 is 29.1 Å². The van der Waals surface area contributed by atoms with Gasteiger partial charge in [0.1, 0.15) is 11.9 Å². The summed E-state index contributed by atoms with van der Waals surface area (Å²) < 4.78 is 27.3. The molecule has 4 rings (SSSR count). The highest BCUT2D eigenvalue weighted by Crippen LogP contribution is 2.50. The van der Waals surface area contributed by atoms with E-state index in [0.29, 0.717) is 16.3 Å². The zero-order valence-corrected chi connectivity index (χ0v) is 20.2. The summed E-state index contributed by atoms with van der Waals surface area (Å²) in [6.45, 7) is 1.61. The van der Waals surface area contributed by atoms with Crippen molar-refractivity contribution in [2.75, 3.05) is 26.2 Å². The first kappa shape index (κ1) is 25.0. The van der Waals surface area contributed by atoms with Gasteiger partial charge in [-0.25, -0.2) is 4.79 Å². The molecule has 2 heterocycles. The summed E-state index contributed by atoms with van der Waals surface area (Å²) in [7, 11) is 4.00. The lowest BCUT2D eigenvalue weighted by molar-refractivity contribution is -0.385. The quantitative estimate of drug-likeness (QED) is 0.267. The Hall–Kier alpha value is -3.12. The first-order valence-corrected chi connectivity index (χ1v) is 11.0. The summed E-state index contributed by atoms with van der Waals surface area (Å²) in [4.78, 5) is 24.8. The number of benzene rings is 2. The zero-order chi connectivity index (χ0) is 25.5. The molecule has 4 atom stereocenters. The smallest absolute Gasteiger partial charge is 0.479 e. The van der Waals surface area contributed by atoms with Gasteiger partial charge in [-0.3, -0.25) is 10.1 Å². The average molecular weight is 509 g/mol. The number of anilines is 1. The summed E-state index contributed by atoms with van der Waals surface area (Å²) in [6.07, 6.45) is -3.95. The van der Waals surface area contributed by atoms with Crippen LogP contribution in [0.25, 0.3) is 0 Å². The molecule has 2 aliphatic heterocycles. The molecule has 2 aromatic rings. The van der Waals surface area contributed by atoms with Crippen LogP contribution >= 0.6 is 11.6 Å². The van der Waals surface area contributed by atoms with Gasteiger partial charge in [0.05, 0.1) is 18.1 Å². The van der Waals surface area contributed by atoms with Gasteiger partial charge in [-0.1, -0.05) is 11.6 Å². The molecule has 0 aliphatic carbocycles. The first-order chi connectivity index (χ1) is 16.6. The molecule has 2 aromatic carbocycles. The van der Waals surface area contributed by atoms with E-state index < -0.39 is 41.3 Å². The van der Waals surface area contributed by atoms with Gasteiger partial charge < -0.3 is 33.7 Å². The molecule has 0 bridgehead atoms. The Balaban J connectivity index is 1.93. The topological polar surface area (TPSA) is 130 Å². The van der Waals surface area contributed by atoms with E-state index in [9.17, 15) is 20.0 Å². The predicted molar refractivity (Wildman–Crippen MR) is 124 cm³/mol. The van der Waals surface area contributed by atoms with Gasteiger partial charge in [-0.15, -0.1) is 0 Å². The second-order valence-corrected chi connectivity index (χ2v) is 8.81. The van der Waals surface area contributed by atoms with Gasteiger partial charge in [0.15, 0.2) is 18.1 Å². The monoisotopic (exact) mass is 508 g/mol. The van der Waals surface area contributed by atoms with E-state index in [4.69, 9.17) is 35.3 Å². The van der Waals surface area contributed by atoms with E-state index in [1.807, 2.05) is 0 Å². The van der Waals surface area contributed by atoms with E-state index in [1.54, 1.807) is 30.0 Å². The minimum atomic E-state index is -1.44. The van der Waals surface area contributed by atoms with Crippen LogP contribution in [0, 0.1) is 10.1 Å². The van der Waals surface area contributed by atoms with Crippen molar-refractivity contribution in [3.8, 4) is 5.75 Å². The third-order valence-electron chi connectivity index (χ3n) is 6.36. The number of hydrogen-bond acceptors (Lipinski definition) is 10. The van der Waals surface area contributed by atoms with Crippen LogP contribution in [0.2, 0.25) is 5.02 Å². The second kappa shape index (κ2) is 9.50. The number of aliphatic hydroxyl groups is 1. The average Bonchev–Trinajstić information content (AvgIpc) is 3.16. The van der Waals surface area contributed by atoms with Crippen molar-refractivity contribution in [3.63, 3.8) is 0 Å². The summed E-state index contributed by atoms with van der Waals surface area (Å²) in [5.41, 5.74) is 0.0808. The van der Waals surface area contributed by atoms with Crippen LogP contribution in [0.4, 0.5) is 16.2 Å². The van der Waals surface area contributed by atoms with Gasteiger partial charge in [-0.05, 0) is 36.8 Å². The molecule has 0 fully saturated rings. The molecule has 1 N–H and O–H groups in total. The lowest BCUT2D eigenvalue weighted by atomic mass is 9.83. The van der Waals surface area contributed by atoms with Crippen molar-refractivity contribution in [2.45, 2.75) is 43.6 Å². The van der Waals surface area contributed by atoms with Gasteiger partial charge in [0, 0.05) is 49.0 Å². The van der Waals surface area contributed by atoms with Crippen molar-refractivity contribution in [2.24, 2.45) is 0 Å². The number of carbonyl (C=O) groups excluding carboxylic acids is 1. The molecular formula is C23H25ClN2O9. The lowest BCUT2D eigenvalue weighted by Gasteiger charge is -2.50. The van der Waals surface area contributed by atoms with Crippen LogP contribution in [0.3, 0.4) is 0 Å². The molecule has 2 aliphatic rings. The third-order valence-corrected chi connectivity index (χ3v) is 6.59. The standard InChI is InChI=1S/C23H25ClN2O9/c1-23(21(31-2)32-3)20(27)19(15-11-14(26(29)30)6-8-17(15)35-23)25-16-7-5-13(24)9-12(16)10-18(25)34-22(28)33-4/h5-9,11,18-21,27H,10H2,1-4H3/t18-,19+,20-,23+/m1/s1. The Bertz CT molecular complexity index is 1140. The van der Waals surface area contributed by atoms with Crippen LogP contribution in [0.1, 0.15) is 24.1 Å². The van der Waals surface area contributed by atoms with E-state index in [-0.39, 0.29) is 17.9 Å². The summed E-state index contributed by atoms with van der Waals surface area (Å²) in [6, 6.07) is 8.27. The number of carbonyl (C=O) groups is 1. The van der Waals surface area contributed by atoms with Crippen LogP contribution in [0.15, 0.2) is 36.4 Å². The van der Waals surface area contributed by atoms with E-state index in [1.165, 1.54) is 39.5 Å². The minimum absolute atomic E-state index is 0.191. The molecule has 0 unspecified atom stereocenters. The molecule has 12 heteroatoms. The number of hydrogen-bond donors (Lipinski definition) is 1. The highest BCUT2D eigenvalue weighted by atomic mass is 35.5. The van der Waals surface area contributed by atoms with Gasteiger partial charge in [0.25, 0.3) is 5.69 Å². The minimum Gasteiger partial charge on any atom is -0.479 e. The fourth-order valence-corrected chi connectivity index (χ4v) is 5.00. The number of ether oxygens (including phenoxy) is 5. The maximum atomic E-state index is 12.1. The van der Waals surface area contributed by atoms with Crippen molar-refractivity contribution in [1.29, 1.82) is 0 Å². The number of nitro groups is 1. The summed E-state index contributed by atoms with van der Waals surface area (Å²) >= 11 is 6.20. The maximum Gasteiger partial charge on any atom is 0.509 e. The molecule has 35 heavy (non-hydrogen) atoms. The SMILES string of the molecule is COC(=O)O[C@@H]1Cc2cc(Cl)ccc2N1[C@H]1c2cc([N+](=O)[O-])ccc2O[C@](C)(C(OC)OC)[C@@H]1O. The fourth-order valence-electron chi connectivity index (χ4n) is 4.81. The van der Waals surface area contributed by atoms with Crippen molar-refractivity contribution in [3.05, 3.63) is 62.7 Å². The van der Waals surface area contributed by atoms with Crippen molar-refractivity contribution in [1.82, 2.24) is 0 Å². The highest BCUT2D eigenvalue weighted by Gasteiger charge is 2.56. The Labute approximate surface area is 206 Å². The number of fused-ring (bicyclic) bond motifs is 2. The van der Waals surface area contributed by atoms with Gasteiger partial charge >= 0.3 is 6.16 Å². The third kappa shape index (κ3) is 4.25. The lowest BCUT2D eigenvalue weighted by Crippen LogP contribution is -2.63. The molecule has 0 aromatic heterocycles. The van der Waals surface area contributed by atoms with E-state index in [0.717, 1.165) is 5.56 Å². The van der Waals surface area contributed by atoms with Gasteiger partial charge in [0.2, 0.25) is 0 Å². The Morgan fingerprint density at radius 1 is 1.26 bits per heavy atom. The molecular weight excluding hydrogens is 484 g/mol. The number of methoxy groups -OCH3 is 3. The molecule has 0 saturated heterocycles. The largest absolute Gasteiger partial charge is 0.509 e. The fraction of sp³-hybridized carbons (Fsp3) is 0.435. The first-order valence-electron chi connectivity index (χ1n) is 10.7. The molecule has 0 amide bonds. The Kier molecular flexibility index (Phi) is 6.78. The van der Waals surface area contributed by atoms with Crippen molar-refractivity contribution < 1.29 is 38.5 Å². The molecule has 0 spiro atoms. The van der Waals surface area contributed by atoms with Crippen LogP contribution < -0.4 is 9.64 Å². The van der Waals surface area contributed by atoms with Crippen LogP contribution in [-0.2, 0) is 25.4 Å². The van der Waals surface area contributed by atoms with Gasteiger partial charge in [-0.2, -0.15) is 0 Å². The predicted octanol–water partition coefficient (Wildman–Crippen LogP) is 3.59. The molecule has 0 saturated carbocycles. The van der Waals surface area contributed by atoms with Crippen LogP contribution in [-0.4, -0.2) is 61.7 Å². The second-order valence-electron chi connectivity index (χ2n) is 8.37. The summed E-state index contributed by atoms with van der Waals surface area (Å²) in [5.74, 6) is 0.284.